The highest BCUT2D eigenvalue weighted by molar-refractivity contribution is 7.09. The minimum Gasteiger partial charge on any atom is -0.451 e. The van der Waals surface area contributed by atoms with Gasteiger partial charge >= 0.3 is 0 Å². The Morgan fingerprint density at radius 2 is 1.27 bits per heavy atom. The van der Waals surface area contributed by atoms with E-state index in [9.17, 15) is 0 Å². The van der Waals surface area contributed by atoms with Gasteiger partial charge < -0.3 is 4.42 Å². The van der Waals surface area contributed by atoms with Crippen LogP contribution in [-0.4, -0.2) is 24.7 Å². The quantitative estimate of drug-likeness (QED) is 0.229. The van der Waals surface area contributed by atoms with Gasteiger partial charge in [0.25, 0.3) is 0 Å². The molecule has 0 amide bonds. The van der Waals surface area contributed by atoms with E-state index in [1.807, 2.05) is 89.4 Å². The van der Waals surface area contributed by atoms with Crippen LogP contribution in [0.2, 0.25) is 0 Å². The Morgan fingerprint density at radius 3 is 1.46 bits per heavy atom. The van der Waals surface area contributed by atoms with Gasteiger partial charge in [0.1, 0.15) is 6.26 Å². The molecule has 0 saturated heterocycles. The number of rotatable bonds is 4. The fraction of sp³-hybridized carbons (Fsp3) is 0.636. The molecule has 8 heteroatoms. The molecular weight excluding hydrogens is 547 g/mol. The zero-order valence-corrected chi connectivity index (χ0v) is 30.1. The lowest BCUT2D eigenvalue weighted by Crippen LogP contribution is -1.99. The smallest absolute Gasteiger partial charge is 0.180 e. The average molecular weight is 612 g/mol. The molecule has 0 aliphatic rings. The fourth-order valence-electron chi connectivity index (χ4n) is 2.12. The van der Waals surface area contributed by atoms with Gasteiger partial charge in [-0.1, -0.05) is 104 Å². The SMILES string of the molecule is C.CC.CC.CC.CC.CC(C)c1cocn1.CC(C)c1cscn1.CC(C)c1nccs1.CC(C)n1cccn1. The van der Waals surface area contributed by atoms with Gasteiger partial charge in [0.05, 0.1) is 21.9 Å². The van der Waals surface area contributed by atoms with Crippen LogP contribution < -0.4 is 0 Å². The van der Waals surface area contributed by atoms with Crippen molar-refractivity contribution in [1.29, 1.82) is 0 Å². The van der Waals surface area contributed by atoms with Crippen LogP contribution in [0.25, 0.3) is 0 Å². The normalized spacial score (nSPS) is 8.68. The number of oxazole rings is 1. The number of hydrogen-bond donors (Lipinski definition) is 0. The van der Waals surface area contributed by atoms with Crippen LogP contribution in [0.4, 0.5) is 0 Å². The van der Waals surface area contributed by atoms with Crippen LogP contribution >= 0.6 is 22.7 Å². The van der Waals surface area contributed by atoms with Crippen LogP contribution in [0.1, 0.15) is 158 Å². The summed E-state index contributed by atoms with van der Waals surface area (Å²) in [7, 11) is 0. The van der Waals surface area contributed by atoms with Crippen molar-refractivity contribution in [2.45, 2.75) is 142 Å². The van der Waals surface area contributed by atoms with E-state index in [1.165, 1.54) is 17.1 Å². The Labute approximate surface area is 263 Å². The third-order valence-electron chi connectivity index (χ3n) is 4.09. The molecule has 0 fully saturated rings. The lowest BCUT2D eigenvalue weighted by molar-refractivity contribution is 0.532. The van der Waals surface area contributed by atoms with Gasteiger partial charge in [-0.05, 0) is 31.7 Å². The third-order valence-corrected chi connectivity index (χ3v) is 5.77. The molecule has 4 aromatic heterocycles. The van der Waals surface area contributed by atoms with Crippen molar-refractivity contribution in [2.24, 2.45) is 0 Å². The number of hydrogen-bond acceptors (Lipinski definition) is 7. The lowest BCUT2D eigenvalue weighted by atomic mass is 10.2. The van der Waals surface area contributed by atoms with Crippen LogP contribution in [0, 0.1) is 0 Å². The second kappa shape index (κ2) is 35.7. The fourth-order valence-corrected chi connectivity index (χ4v) is 3.49. The van der Waals surface area contributed by atoms with Crippen molar-refractivity contribution in [3.05, 3.63) is 70.0 Å². The van der Waals surface area contributed by atoms with Crippen LogP contribution in [0.3, 0.4) is 0 Å². The number of nitrogens with zero attached hydrogens (tertiary/aromatic N) is 5. The summed E-state index contributed by atoms with van der Waals surface area (Å²) in [5.41, 5.74) is 4.09. The molecule has 0 bridgehead atoms. The molecular formula is C33H65N5OS2. The monoisotopic (exact) mass is 611 g/mol. The molecule has 6 nitrogen and oxygen atoms in total. The van der Waals surface area contributed by atoms with E-state index < -0.39 is 0 Å². The van der Waals surface area contributed by atoms with Crippen molar-refractivity contribution in [1.82, 2.24) is 24.7 Å². The van der Waals surface area contributed by atoms with Crippen molar-refractivity contribution in [2.75, 3.05) is 0 Å². The van der Waals surface area contributed by atoms with E-state index in [4.69, 9.17) is 4.42 Å². The Hall–Kier alpha value is -2.32. The van der Waals surface area contributed by atoms with Gasteiger partial charge in [0, 0.05) is 41.3 Å². The van der Waals surface area contributed by atoms with Crippen molar-refractivity contribution >= 4 is 22.7 Å². The third kappa shape index (κ3) is 27.6. The maximum atomic E-state index is 4.76. The Kier molecular flexibility index (Phi) is 42.2. The molecule has 0 saturated carbocycles. The summed E-state index contributed by atoms with van der Waals surface area (Å²) in [6.07, 6.45) is 8.73. The van der Waals surface area contributed by atoms with Crippen LogP contribution in [0.15, 0.2) is 58.0 Å². The van der Waals surface area contributed by atoms with E-state index >= 15 is 0 Å². The number of thiazole rings is 2. The molecule has 0 aliphatic heterocycles. The molecule has 0 spiro atoms. The van der Waals surface area contributed by atoms with Gasteiger partial charge in [-0.25, -0.2) is 15.0 Å². The molecule has 4 aromatic rings. The largest absolute Gasteiger partial charge is 0.451 e. The number of aromatic nitrogens is 5. The maximum absolute atomic E-state index is 4.76. The van der Waals surface area contributed by atoms with Gasteiger partial charge in [-0.3, -0.25) is 4.68 Å². The van der Waals surface area contributed by atoms with Gasteiger partial charge in [0.2, 0.25) is 0 Å². The van der Waals surface area contributed by atoms with E-state index in [-0.39, 0.29) is 7.43 Å². The summed E-state index contributed by atoms with van der Waals surface area (Å²) < 4.78 is 6.68. The molecule has 4 rings (SSSR count). The maximum Gasteiger partial charge on any atom is 0.180 e. The minimum atomic E-state index is 0. The highest BCUT2D eigenvalue weighted by Gasteiger charge is 1.99. The van der Waals surface area contributed by atoms with Crippen LogP contribution in [0.5, 0.6) is 0 Å². The Morgan fingerprint density at radius 1 is 0.707 bits per heavy atom. The topological polar surface area (TPSA) is 69.6 Å². The summed E-state index contributed by atoms with van der Waals surface area (Å²) >= 11 is 3.38. The van der Waals surface area contributed by atoms with E-state index in [0.717, 1.165) is 5.69 Å². The molecule has 240 valence electrons. The molecule has 0 N–H and O–H groups in total. The van der Waals surface area contributed by atoms with Gasteiger partial charge in [0.15, 0.2) is 6.39 Å². The minimum absolute atomic E-state index is 0. The molecule has 0 unspecified atom stereocenters. The van der Waals surface area contributed by atoms with E-state index in [0.29, 0.717) is 23.8 Å². The predicted octanol–water partition coefficient (Wildman–Crippen LogP) is 12.5. The highest BCUT2D eigenvalue weighted by Crippen LogP contribution is 2.15. The Bertz CT molecular complexity index is 733. The Balaban J connectivity index is -0.000000129. The van der Waals surface area contributed by atoms with Crippen molar-refractivity contribution < 1.29 is 4.42 Å². The first-order chi connectivity index (χ1) is 19.2. The van der Waals surface area contributed by atoms with Crippen LogP contribution in [-0.2, 0) is 0 Å². The summed E-state index contributed by atoms with van der Waals surface area (Å²) in [5.74, 6) is 1.66. The summed E-state index contributed by atoms with van der Waals surface area (Å²) in [6, 6.07) is 2.42. The zero-order valence-electron chi connectivity index (χ0n) is 28.5. The second-order valence-corrected chi connectivity index (χ2v) is 9.89. The molecule has 0 aromatic carbocycles. The lowest BCUT2D eigenvalue weighted by Gasteiger charge is -2.01. The van der Waals surface area contributed by atoms with Gasteiger partial charge in [-0.15, -0.1) is 22.7 Å². The highest BCUT2D eigenvalue weighted by atomic mass is 32.1. The first-order valence-corrected chi connectivity index (χ1v) is 16.7. The summed E-state index contributed by atoms with van der Waals surface area (Å²) in [5, 5.41) is 9.36. The average Bonchev–Trinajstić information content (AvgIpc) is 3.81. The van der Waals surface area contributed by atoms with E-state index in [2.05, 4.69) is 80.8 Å². The standard InChI is InChI=1S/C6H10N2.C6H9NO.2C6H9NS.4C2H6.CH4/c1-6(2)8-5-3-4-7-8;2*1-5(2)6-3-8-4-7-6;1-5(2)6-7-3-4-8-6;4*1-2;/h3-6H,1-2H3;3*3-5H,1-2H3;4*1-2H3;1H4. The first-order valence-electron chi connectivity index (χ1n) is 14.9. The zero-order chi connectivity index (χ0) is 31.9. The van der Waals surface area contributed by atoms with Crippen molar-refractivity contribution in [3.63, 3.8) is 0 Å². The van der Waals surface area contributed by atoms with E-state index in [1.54, 1.807) is 35.1 Å². The van der Waals surface area contributed by atoms with Gasteiger partial charge in [-0.2, -0.15) is 5.10 Å². The molecule has 0 atom stereocenters. The summed E-state index contributed by atoms with van der Waals surface area (Å²) in [4.78, 5) is 12.2. The second-order valence-electron chi connectivity index (χ2n) is 8.24. The molecule has 0 aliphatic carbocycles. The first kappa shape index (κ1) is 48.4. The van der Waals surface area contributed by atoms with Crippen molar-refractivity contribution in [3.8, 4) is 0 Å². The predicted molar refractivity (Wildman–Crippen MR) is 188 cm³/mol. The summed E-state index contributed by atoms with van der Waals surface area (Å²) in [6.45, 7) is 33.0. The molecule has 41 heavy (non-hydrogen) atoms. The molecule has 0 radical (unpaired) electrons. The molecule has 4 heterocycles.